The van der Waals surface area contributed by atoms with Crippen LogP contribution in [0.4, 0.5) is 10.5 Å². The van der Waals surface area contributed by atoms with Crippen LogP contribution in [0.2, 0.25) is 5.02 Å². The molecule has 4 N–H and O–H groups in total. The number of carbonyl (C=O) groups excluding carboxylic acids is 1. The van der Waals surface area contributed by atoms with E-state index >= 15 is 0 Å². The number of anilines is 1. The first-order chi connectivity index (χ1) is 7.72. The van der Waals surface area contributed by atoms with Crippen molar-refractivity contribution < 1.29 is 4.79 Å². The molecule has 4 nitrogen and oxygen atoms in total. The van der Waals surface area contributed by atoms with E-state index < -0.39 is 0 Å². The van der Waals surface area contributed by atoms with Gasteiger partial charge in [-0.25, -0.2) is 4.79 Å². The summed E-state index contributed by atoms with van der Waals surface area (Å²) in [6.45, 7) is 1.29. The maximum Gasteiger partial charge on any atom is 0.319 e. The Bertz CT molecular complexity index is 327. The third kappa shape index (κ3) is 5.00. The molecule has 0 radical (unpaired) electrons. The lowest BCUT2D eigenvalue weighted by Gasteiger charge is -2.07. The molecular formula is C11H16ClN3O. The number of halogens is 1. The maximum absolute atomic E-state index is 11.4. The van der Waals surface area contributed by atoms with Gasteiger partial charge in [0.1, 0.15) is 0 Å². The molecule has 0 fully saturated rings. The molecule has 0 spiro atoms. The minimum Gasteiger partial charge on any atom is -0.338 e. The molecular weight excluding hydrogens is 226 g/mol. The molecule has 0 atom stereocenters. The highest BCUT2D eigenvalue weighted by Crippen LogP contribution is 2.12. The SMILES string of the molecule is NCCCCNC(=O)Nc1ccc(Cl)cc1. The largest absolute Gasteiger partial charge is 0.338 e. The summed E-state index contributed by atoms with van der Waals surface area (Å²) in [7, 11) is 0. The Kier molecular flexibility index (Phi) is 5.67. The van der Waals surface area contributed by atoms with Crippen LogP contribution in [0.25, 0.3) is 0 Å². The van der Waals surface area contributed by atoms with Crippen LogP contribution in [0.1, 0.15) is 12.8 Å². The summed E-state index contributed by atoms with van der Waals surface area (Å²) >= 11 is 5.73. The van der Waals surface area contributed by atoms with Gasteiger partial charge in [0, 0.05) is 17.3 Å². The Morgan fingerprint density at radius 3 is 2.56 bits per heavy atom. The van der Waals surface area contributed by atoms with E-state index in [4.69, 9.17) is 17.3 Å². The van der Waals surface area contributed by atoms with Crippen molar-refractivity contribution in [2.45, 2.75) is 12.8 Å². The third-order valence-electron chi connectivity index (χ3n) is 2.02. The number of hydrogen-bond acceptors (Lipinski definition) is 2. The van der Waals surface area contributed by atoms with E-state index in [-0.39, 0.29) is 6.03 Å². The van der Waals surface area contributed by atoms with Gasteiger partial charge in [-0.2, -0.15) is 0 Å². The summed E-state index contributed by atoms with van der Waals surface area (Å²) in [6, 6.07) is 6.75. The van der Waals surface area contributed by atoms with Gasteiger partial charge in [-0.1, -0.05) is 11.6 Å². The van der Waals surface area contributed by atoms with Crippen LogP contribution in [-0.4, -0.2) is 19.1 Å². The third-order valence-corrected chi connectivity index (χ3v) is 2.27. The highest BCUT2D eigenvalue weighted by Gasteiger charge is 1.99. The van der Waals surface area contributed by atoms with E-state index in [0.29, 0.717) is 18.1 Å². The van der Waals surface area contributed by atoms with Crippen molar-refractivity contribution in [1.29, 1.82) is 0 Å². The number of carbonyl (C=O) groups is 1. The van der Waals surface area contributed by atoms with Gasteiger partial charge in [0.15, 0.2) is 0 Å². The zero-order chi connectivity index (χ0) is 11.8. The first-order valence-corrected chi connectivity index (χ1v) is 5.60. The lowest BCUT2D eigenvalue weighted by Crippen LogP contribution is -2.29. The number of urea groups is 1. The smallest absolute Gasteiger partial charge is 0.319 e. The summed E-state index contributed by atoms with van der Waals surface area (Å²) in [5.74, 6) is 0. The van der Waals surface area contributed by atoms with Gasteiger partial charge in [-0.05, 0) is 43.7 Å². The van der Waals surface area contributed by atoms with E-state index in [0.717, 1.165) is 18.5 Å². The minimum atomic E-state index is -0.209. The number of rotatable bonds is 5. The number of amides is 2. The van der Waals surface area contributed by atoms with Crippen molar-refractivity contribution in [3.05, 3.63) is 29.3 Å². The summed E-state index contributed by atoms with van der Waals surface area (Å²) in [4.78, 5) is 11.4. The molecule has 0 aliphatic carbocycles. The molecule has 0 saturated heterocycles. The molecule has 0 unspecified atom stereocenters. The van der Waals surface area contributed by atoms with Crippen molar-refractivity contribution in [2.75, 3.05) is 18.4 Å². The zero-order valence-corrected chi connectivity index (χ0v) is 9.76. The van der Waals surface area contributed by atoms with Gasteiger partial charge < -0.3 is 16.4 Å². The second kappa shape index (κ2) is 7.09. The topological polar surface area (TPSA) is 67.1 Å². The second-order valence-electron chi connectivity index (χ2n) is 3.38. The molecule has 5 heteroatoms. The van der Waals surface area contributed by atoms with Crippen LogP contribution < -0.4 is 16.4 Å². The van der Waals surface area contributed by atoms with Crippen LogP contribution >= 0.6 is 11.6 Å². The minimum absolute atomic E-state index is 0.209. The van der Waals surface area contributed by atoms with E-state index in [1.54, 1.807) is 24.3 Å². The summed E-state index contributed by atoms with van der Waals surface area (Å²) in [6.07, 6.45) is 1.81. The van der Waals surface area contributed by atoms with E-state index in [1.807, 2.05) is 0 Å². The summed E-state index contributed by atoms with van der Waals surface area (Å²) < 4.78 is 0. The van der Waals surface area contributed by atoms with E-state index in [9.17, 15) is 4.79 Å². The summed E-state index contributed by atoms with van der Waals surface area (Å²) in [5.41, 5.74) is 6.07. The average Bonchev–Trinajstić information content (AvgIpc) is 2.28. The molecule has 1 aromatic rings. The Labute approximate surface area is 100 Å². The normalized spacial score (nSPS) is 9.88. The van der Waals surface area contributed by atoms with Crippen LogP contribution in [0.15, 0.2) is 24.3 Å². The first-order valence-electron chi connectivity index (χ1n) is 5.23. The van der Waals surface area contributed by atoms with E-state index in [1.165, 1.54) is 0 Å². The van der Waals surface area contributed by atoms with Gasteiger partial charge in [-0.3, -0.25) is 0 Å². The van der Waals surface area contributed by atoms with Gasteiger partial charge in [0.25, 0.3) is 0 Å². The van der Waals surface area contributed by atoms with Gasteiger partial charge in [0.2, 0.25) is 0 Å². The van der Waals surface area contributed by atoms with Crippen LogP contribution in [-0.2, 0) is 0 Å². The number of hydrogen-bond donors (Lipinski definition) is 3. The molecule has 88 valence electrons. The fourth-order valence-electron chi connectivity index (χ4n) is 1.18. The van der Waals surface area contributed by atoms with Crippen molar-refractivity contribution in [3.8, 4) is 0 Å². The van der Waals surface area contributed by atoms with Crippen molar-refractivity contribution in [2.24, 2.45) is 5.73 Å². The average molecular weight is 242 g/mol. The van der Waals surface area contributed by atoms with Gasteiger partial charge >= 0.3 is 6.03 Å². The predicted octanol–water partition coefficient (Wildman–Crippen LogP) is 2.20. The molecule has 1 rings (SSSR count). The Morgan fingerprint density at radius 2 is 1.94 bits per heavy atom. The fourth-order valence-corrected chi connectivity index (χ4v) is 1.31. The standard InChI is InChI=1S/C11H16ClN3O/c12-9-3-5-10(6-4-9)15-11(16)14-8-2-1-7-13/h3-6H,1-2,7-8,13H2,(H2,14,15,16). The Balaban J connectivity index is 2.26. The molecule has 0 aliphatic rings. The lowest BCUT2D eigenvalue weighted by atomic mass is 10.3. The second-order valence-corrected chi connectivity index (χ2v) is 3.82. The Morgan fingerprint density at radius 1 is 1.25 bits per heavy atom. The molecule has 0 aromatic heterocycles. The lowest BCUT2D eigenvalue weighted by molar-refractivity contribution is 0.252. The monoisotopic (exact) mass is 241 g/mol. The quantitative estimate of drug-likeness (QED) is 0.692. The Hall–Kier alpha value is -1.26. The number of benzene rings is 1. The van der Waals surface area contributed by atoms with Crippen LogP contribution in [0, 0.1) is 0 Å². The molecule has 0 aliphatic heterocycles. The number of nitrogens with two attached hydrogens (primary N) is 1. The van der Waals surface area contributed by atoms with E-state index in [2.05, 4.69) is 10.6 Å². The number of unbranched alkanes of at least 4 members (excludes halogenated alkanes) is 1. The highest BCUT2D eigenvalue weighted by atomic mass is 35.5. The van der Waals surface area contributed by atoms with Gasteiger partial charge in [0.05, 0.1) is 0 Å². The molecule has 0 bridgehead atoms. The first kappa shape index (κ1) is 12.8. The fraction of sp³-hybridized carbons (Fsp3) is 0.364. The highest BCUT2D eigenvalue weighted by molar-refractivity contribution is 6.30. The van der Waals surface area contributed by atoms with Crippen molar-refractivity contribution in [1.82, 2.24) is 5.32 Å². The molecule has 0 heterocycles. The van der Waals surface area contributed by atoms with Gasteiger partial charge in [-0.15, -0.1) is 0 Å². The molecule has 0 saturated carbocycles. The van der Waals surface area contributed by atoms with Crippen molar-refractivity contribution in [3.63, 3.8) is 0 Å². The van der Waals surface area contributed by atoms with Crippen LogP contribution in [0.5, 0.6) is 0 Å². The van der Waals surface area contributed by atoms with Crippen LogP contribution in [0.3, 0.4) is 0 Å². The number of nitrogens with one attached hydrogen (secondary N) is 2. The predicted molar refractivity (Wildman–Crippen MR) is 66.8 cm³/mol. The molecule has 1 aromatic carbocycles. The summed E-state index contributed by atoms with van der Waals surface area (Å²) in [5, 5.41) is 6.10. The van der Waals surface area contributed by atoms with Crippen molar-refractivity contribution >= 4 is 23.3 Å². The zero-order valence-electron chi connectivity index (χ0n) is 9.00. The molecule has 16 heavy (non-hydrogen) atoms. The molecule has 2 amide bonds. The maximum atomic E-state index is 11.4.